The lowest BCUT2D eigenvalue weighted by molar-refractivity contribution is -0.270. The second-order valence-corrected chi connectivity index (χ2v) is 8.15. The summed E-state index contributed by atoms with van der Waals surface area (Å²) in [6.07, 6.45) is 4.73. The third-order valence-corrected chi connectivity index (χ3v) is 5.76. The molecule has 2 atom stereocenters. The van der Waals surface area contributed by atoms with E-state index in [1.54, 1.807) is 0 Å². The molecule has 1 aromatic heterocycles. The van der Waals surface area contributed by atoms with Gasteiger partial charge in [0.05, 0.1) is 18.9 Å². The second kappa shape index (κ2) is 9.12. The Morgan fingerprint density at radius 2 is 1.97 bits per heavy atom. The minimum absolute atomic E-state index is 0.135. The fourth-order valence-electron chi connectivity index (χ4n) is 3.90. The summed E-state index contributed by atoms with van der Waals surface area (Å²) in [5.41, 5.74) is 2.23. The van der Waals surface area contributed by atoms with Gasteiger partial charge in [0.15, 0.2) is 0 Å². The van der Waals surface area contributed by atoms with E-state index in [0.29, 0.717) is 31.9 Å². The van der Waals surface area contributed by atoms with Gasteiger partial charge in [0.25, 0.3) is 5.79 Å². The number of benzene rings is 1. The highest BCUT2D eigenvalue weighted by Crippen LogP contribution is 2.26. The lowest BCUT2D eigenvalue weighted by atomic mass is 9.99. The van der Waals surface area contributed by atoms with Gasteiger partial charge in [-0.25, -0.2) is 4.79 Å². The third-order valence-electron chi connectivity index (χ3n) is 5.76. The first kappa shape index (κ1) is 20.8. The minimum Gasteiger partial charge on any atom is -0.492 e. The van der Waals surface area contributed by atoms with E-state index in [1.165, 1.54) is 6.92 Å². The van der Waals surface area contributed by atoms with Crippen LogP contribution in [0.2, 0.25) is 0 Å². The van der Waals surface area contributed by atoms with Crippen molar-refractivity contribution >= 4 is 5.97 Å². The number of nitrogens with one attached hydrogen (secondary N) is 1. The summed E-state index contributed by atoms with van der Waals surface area (Å²) in [7, 11) is 0. The molecule has 2 fully saturated rings. The largest absolute Gasteiger partial charge is 0.492 e. The smallest absolute Gasteiger partial charge is 0.364 e. The van der Waals surface area contributed by atoms with Crippen LogP contribution in [0.15, 0.2) is 48.7 Å². The normalized spacial score (nSPS) is 28.9. The second-order valence-electron chi connectivity index (χ2n) is 8.15. The standard InChI is InChI=1S/C23H28N2O5/c1-23(22(26)27)29-13-17(14-30-23)12-16-5-8-19(9-6-16)28-15-18-7-10-21(25-18)20-4-2-3-11-24-20/h2-6,8-9,11,17-18,21,25H,7,10,12-15H2,1H3,(H,26,27)/t17?,18-,21-,23?/m0/s1. The summed E-state index contributed by atoms with van der Waals surface area (Å²) in [5, 5.41) is 12.7. The van der Waals surface area contributed by atoms with Crippen LogP contribution >= 0.6 is 0 Å². The zero-order chi connectivity index (χ0) is 21.0. The predicted octanol–water partition coefficient (Wildman–Crippen LogP) is 2.96. The molecule has 0 bridgehead atoms. The van der Waals surface area contributed by atoms with Crippen molar-refractivity contribution in [2.45, 2.75) is 44.1 Å². The van der Waals surface area contributed by atoms with E-state index in [0.717, 1.165) is 36.3 Å². The molecule has 2 aliphatic rings. The van der Waals surface area contributed by atoms with Crippen molar-refractivity contribution in [2.75, 3.05) is 19.8 Å². The first-order valence-corrected chi connectivity index (χ1v) is 10.4. The first-order valence-electron chi connectivity index (χ1n) is 10.4. The Labute approximate surface area is 176 Å². The monoisotopic (exact) mass is 412 g/mol. The van der Waals surface area contributed by atoms with Gasteiger partial charge in [-0.05, 0) is 49.1 Å². The molecule has 0 radical (unpaired) electrons. The SMILES string of the molecule is CC1(C(=O)O)OCC(Cc2ccc(OC[C@@H]3CC[C@@H](c4ccccn4)N3)cc2)CO1. The highest BCUT2D eigenvalue weighted by atomic mass is 16.7. The molecule has 2 aliphatic heterocycles. The molecule has 1 aromatic carbocycles. The molecular formula is C23H28N2O5. The van der Waals surface area contributed by atoms with Gasteiger partial charge < -0.3 is 24.6 Å². The maximum absolute atomic E-state index is 11.2. The highest BCUT2D eigenvalue weighted by Gasteiger charge is 2.40. The zero-order valence-electron chi connectivity index (χ0n) is 17.1. The summed E-state index contributed by atoms with van der Waals surface area (Å²) < 4.78 is 16.8. The number of ether oxygens (including phenoxy) is 3. The molecule has 2 N–H and O–H groups in total. The average molecular weight is 412 g/mol. The zero-order valence-corrected chi connectivity index (χ0v) is 17.1. The fourth-order valence-corrected chi connectivity index (χ4v) is 3.90. The van der Waals surface area contributed by atoms with Crippen LogP contribution in [0.3, 0.4) is 0 Å². The van der Waals surface area contributed by atoms with E-state index in [4.69, 9.17) is 19.3 Å². The number of carbonyl (C=O) groups is 1. The number of aliphatic carboxylic acids is 1. The first-order chi connectivity index (χ1) is 14.5. The van der Waals surface area contributed by atoms with Gasteiger partial charge in [-0.2, -0.15) is 0 Å². The topological polar surface area (TPSA) is 89.9 Å². The number of aromatic nitrogens is 1. The van der Waals surface area contributed by atoms with Gasteiger partial charge in [0, 0.05) is 31.1 Å². The Bertz CT molecular complexity index is 834. The molecule has 4 rings (SSSR count). The molecule has 0 aliphatic carbocycles. The fraction of sp³-hybridized carbons (Fsp3) is 0.478. The summed E-state index contributed by atoms with van der Waals surface area (Å²) >= 11 is 0. The molecule has 7 nitrogen and oxygen atoms in total. The summed E-state index contributed by atoms with van der Waals surface area (Å²) in [6, 6.07) is 14.7. The number of hydrogen-bond donors (Lipinski definition) is 2. The van der Waals surface area contributed by atoms with Gasteiger partial charge >= 0.3 is 5.97 Å². The maximum Gasteiger partial charge on any atom is 0.364 e. The van der Waals surface area contributed by atoms with Crippen molar-refractivity contribution in [3.05, 3.63) is 59.9 Å². The van der Waals surface area contributed by atoms with E-state index in [-0.39, 0.29) is 5.92 Å². The maximum atomic E-state index is 11.2. The number of pyridine rings is 1. The number of carboxylic acid groups (broad SMARTS) is 1. The van der Waals surface area contributed by atoms with Gasteiger partial charge in [0.1, 0.15) is 12.4 Å². The van der Waals surface area contributed by atoms with Gasteiger partial charge in [-0.15, -0.1) is 0 Å². The third kappa shape index (κ3) is 4.98. The van der Waals surface area contributed by atoms with Crippen molar-refractivity contribution in [3.8, 4) is 5.75 Å². The summed E-state index contributed by atoms with van der Waals surface area (Å²) in [5.74, 6) is -1.64. The number of rotatable bonds is 7. The van der Waals surface area contributed by atoms with E-state index < -0.39 is 11.8 Å². The average Bonchev–Trinajstić information content (AvgIpc) is 3.25. The Hall–Kier alpha value is -2.48. The molecule has 2 aromatic rings. The van der Waals surface area contributed by atoms with Crippen LogP contribution in [0, 0.1) is 5.92 Å². The Balaban J connectivity index is 1.21. The van der Waals surface area contributed by atoms with Crippen LogP contribution in [0.4, 0.5) is 0 Å². The molecule has 7 heteroatoms. The van der Waals surface area contributed by atoms with E-state index in [9.17, 15) is 4.79 Å². The van der Waals surface area contributed by atoms with Crippen molar-refractivity contribution in [2.24, 2.45) is 5.92 Å². The molecule has 0 amide bonds. The number of hydrogen-bond acceptors (Lipinski definition) is 6. The van der Waals surface area contributed by atoms with Crippen molar-refractivity contribution in [1.82, 2.24) is 10.3 Å². The van der Waals surface area contributed by atoms with Gasteiger partial charge in [-0.1, -0.05) is 18.2 Å². The molecule has 0 spiro atoms. The Kier molecular flexibility index (Phi) is 6.32. The van der Waals surface area contributed by atoms with Gasteiger partial charge in [-0.3, -0.25) is 4.98 Å². The van der Waals surface area contributed by atoms with E-state index in [2.05, 4.69) is 16.4 Å². The molecule has 0 saturated carbocycles. The molecule has 2 saturated heterocycles. The van der Waals surface area contributed by atoms with Crippen molar-refractivity contribution in [1.29, 1.82) is 0 Å². The lowest BCUT2D eigenvalue weighted by Gasteiger charge is -2.34. The Morgan fingerprint density at radius 1 is 1.20 bits per heavy atom. The molecule has 3 heterocycles. The summed E-state index contributed by atoms with van der Waals surface area (Å²) in [4.78, 5) is 15.6. The highest BCUT2D eigenvalue weighted by molar-refractivity contribution is 5.75. The van der Waals surface area contributed by atoms with Crippen LogP contribution < -0.4 is 10.1 Å². The number of nitrogens with zero attached hydrogens (tertiary/aromatic N) is 1. The summed E-state index contributed by atoms with van der Waals surface area (Å²) in [6.45, 7) is 2.80. The van der Waals surface area contributed by atoms with Crippen LogP contribution in [-0.2, 0) is 20.7 Å². The quantitative estimate of drug-likeness (QED) is 0.723. The van der Waals surface area contributed by atoms with Crippen LogP contribution in [-0.4, -0.2) is 47.7 Å². The number of carboxylic acids is 1. The predicted molar refractivity (Wildman–Crippen MR) is 110 cm³/mol. The van der Waals surface area contributed by atoms with Crippen LogP contribution in [0.1, 0.15) is 37.1 Å². The van der Waals surface area contributed by atoms with Crippen LogP contribution in [0.5, 0.6) is 5.75 Å². The van der Waals surface area contributed by atoms with Crippen molar-refractivity contribution in [3.63, 3.8) is 0 Å². The minimum atomic E-state index is -1.53. The molecule has 30 heavy (non-hydrogen) atoms. The van der Waals surface area contributed by atoms with E-state index >= 15 is 0 Å². The van der Waals surface area contributed by atoms with Crippen molar-refractivity contribution < 1.29 is 24.1 Å². The molecular weight excluding hydrogens is 384 g/mol. The lowest BCUT2D eigenvalue weighted by Crippen LogP contribution is -2.48. The van der Waals surface area contributed by atoms with E-state index in [1.807, 2.05) is 42.6 Å². The molecule has 0 unspecified atom stereocenters. The van der Waals surface area contributed by atoms with Crippen LogP contribution in [0.25, 0.3) is 0 Å². The molecule has 160 valence electrons. The Morgan fingerprint density at radius 3 is 2.63 bits per heavy atom. The van der Waals surface area contributed by atoms with Gasteiger partial charge in [0.2, 0.25) is 0 Å².